The molecule has 0 aliphatic rings. The minimum Gasteiger partial charge on any atom is -0.358 e. The van der Waals surface area contributed by atoms with Crippen LogP contribution in [0.4, 0.5) is 0 Å². The highest BCUT2D eigenvalue weighted by molar-refractivity contribution is 9.10. The second kappa shape index (κ2) is 6.66. The smallest absolute Gasteiger partial charge is 0.233 e. The van der Waals surface area contributed by atoms with Gasteiger partial charge in [0.15, 0.2) is 0 Å². The van der Waals surface area contributed by atoms with Gasteiger partial charge in [-0.15, -0.1) is 0 Å². The largest absolute Gasteiger partial charge is 0.358 e. The standard InChI is InChI=1S/C12H17BrN2O/c1-9(7-15-8-12(16)14-2)10-4-3-5-11(13)6-10/h3-6,9,15H,7-8H2,1-2H3,(H,14,16). The van der Waals surface area contributed by atoms with Crippen molar-refractivity contribution in [2.45, 2.75) is 12.8 Å². The summed E-state index contributed by atoms with van der Waals surface area (Å²) in [6.45, 7) is 3.30. The van der Waals surface area contributed by atoms with E-state index in [1.54, 1.807) is 7.05 Å². The van der Waals surface area contributed by atoms with Crippen molar-refractivity contribution < 1.29 is 4.79 Å². The lowest BCUT2D eigenvalue weighted by Crippen LogP contribution is -2.33. The molecule has 0 bridgehead atoms. The van der Waals surface area contributed by atoms with E-state index in [9.17, 15) is 4.79 Å². The molecule has 0 heterocycles. The Morgan fingerprint density at radius 2 is 2.25 bits per heavy atom. The Hall–Kier alpha value is -0.870. The van der Waals surface area contributed by atoms with E-state index in [4.69, 9.17) is 0 Å². The summed E-state index contributed by atoms with van der Waals surface area (Å²) in [4.78, 5) is 11.0. The van der Waals surface area contributed by atoms with Gasteiger partial charge in [0, 0.05) is 18.1 Å². The first-order valence-corrected chi connectivity index (χ1v) is 6.09. The van der Waals surface area contributed by atoms with Crippen LogP contribution < -0.4 is 10.6 Å². The van der Waals surface area contributed by atoms with Crippen LogP contribution in [0.25, 0.3) is 0 Å². The van der Waals surface area contributed by atoms with Gasteiger partial charge in [0.2, 0.25) is 5.91 Å². The summed E-state index contributed by atoms with van der Waals surface area (Å²) < 4.78 is 1.09. The third kappa shape index (κ3) is 4.33. The predicted molar refractivity (Wildman–Crippen MR) is 69.5 cm³/mol. The highest BCUT2D eigenvalue weighted by Gasteiger charge is 2.06. The first-order chi connectivity index (χ1) is 7.63. The second-order valence-corrected chi connectivity index (χ2v) is 4.68. The fraction of sp³-hybridized carbons (Fsp3) is 0.417. The molecule has 1 aromatic carbocycles. The molecule has 16 heavy (non-hydrogen) atoms. The first-order valence-electron chi connectivity index (χ1n) is 5.30. The van der Waals surface area contributed by atoms with Gasteiger partial charge in [-0.25, -0.2) is 0 Å². The molecule has 0 fully saturated rings. The molecule has 2 N–H and O–H groups in total. The van der Waals surface area contributed by atoms with Gasteiger partial charge in [0.25, 0.3) is 0 Å². The zero-order valence-corrected chi connectivity index (χ0v) is 11.2. The molecule has 1 rings (SSSR count). The highest BCUT2D eigenvalue weighted by Crippen LogP contribution is 2.18. The van der Waals surface area contributed by atoms with E-state index in [2.05, 4.69) is 45.6 Å². The van der Waals surface area contributed by atoms with Crippen molar-refractivity contribution in [1.82, 2.24) is 10.6 Å². The minimum absolute atomic E-state index is 0.0152. The summed E-state index contributed by atoms with van der Waals surface area (Å²) in [5.41, 5.74) is 1.26. The van der Waals surface area contributed by atoms with E-state index in [-0.39, 0.29) is 5.91 Å². The van der Waals surface area contributed by atoms with Gasteiger partial charge in [-0.3, -0.25) is 4.79 Å². The van der Waals surface area contributed by atoms with Gasteiger partial charge < -0.3 is 10.6 Å². The maximum Gasteiger partial charge on any atom is 0.233 e. The van der Waals surface area contributed by atoms with Crippen molar-refractivity contribution in [1.29, 1.82) is 0 Å². The maximum absolute atomic E-state index is 11.0. The SMILES string of the molecule is CNC(=O)CNCC(C)c1cccc(Br)c1. The van der Waals surface area contributed by atoms with E-state index >= 15 is 0 Å². The highest BCUT2D eigenvalue weighted by atomic mass is 79.9. The van der Waals surface area contributed by atoms with E-state index in [0.29, 0.717) is 12.5 Å². The number of rotatable bonds is 5. The van der Waals surface area contributed by atoms with Gasteiger partial charge in [-0.05, 0) is 23.6 Å². The molecule has 0 radical (unpaired) electrons. The zero-order valence-electron chi connectivity index (χ0n) is 9.59. The Labute approximate surface area is 105 Å². The first kappa shape index (κ1) is 13.2. The number of amides is 1. The Morgan fingerprint density at radius 1 is 1.50 bits per heavy atom. The van der Waals surface area contributed by atoms with Crippen LogP contribution in [-0.4, -0.2) is 26.0 Å². The Kier molecular flexibility index (Phi) is 5.49. The van der Waals surface area contributed by atoms with Gasteiger partial charge >= 0.3 is 0 Å². The van der Waals surface area contributed by atoms with Crippen LogP contribution in [0.15, 0.2) is 28.7 Å². The molecule has 0 saturated heterocycles. The molecule has 0 aliphatic carbocycles. The average molecular weight is 285 g/mol. The number of halogens is 1. The van der Waals surface area contributed by atoms with E-state index < -0.39 is 0 Å². The number of likely N-dealkylation sites (N-methyl/N-ethyl adjacent to an activating group) is 1. The van der Waals surface area contributed by atoms with Crippen molar-refractivity contribution in [2.75, 3.05) is 20.1 Å². The molecule has 1 amide bonds. The van der Waals surface area contributed by atoms with Crippen molar-refractivity contribution in [3.63, 3.8) is 0 Å². The molecule has 0 aromatic heterocycles. The fourth-order valence-corrected chi connectivity index (χ4v) is 1.84. The summed E-state index contributed by atoms with van der Waals surface area (Å²) >= 11 is 3.45. The van der Waals surface area contributed by atoms with Gasteiger partial charge in [0.05, 0.1) is 6.54 Å². The van der Waals surface area contributed by atoms with Crippen molar-refractivity contribution >= 4 is 21.8 Å². The van der Waals surface area contributed by atoms with E-state index in [0.717, 1.165) is 11.0 Å². The number of benzene rings is 1. The quantitative estimate of drug-likeness (QED) is 0.867. The summed E-state index contributed by atoms with van der Waals surface area (Å²) in [7, 11) is 1.64. The summed E-state index contributed by atoms with van der Waals surface area (Å²) in [6, 6.07) is 8.23. The summed E-state index contributed by atoms with van der Waals surface area (Å²) in [5, 5.41) is 5.71. The van der Waals surface area contributed by atoms with Crippen LogP contribution in [0.2, 0.25) is 0 Å². The Balaban J connectivity index is 2.40. The molecule has 1 unspecified atom stereocenters. The van der Waals surface area contributed by atoms with Crippen molar-refractivity contribution in [2.24, 2.45) is 0 Å². The fourth-order valence-electron chi connectivity index (χ4n) is 1.42. The van der Waals surface area contributed by atoms with E-state index in [1.165, 1.54) is 5.56 Å². The number of carbonyl (C=O) groups is 1. The molecule has 0 aliphatic heterocycles. The molecule has 1 aromatic rings. The number of hydrogen-bond donors (Lipinski definition) is 2. The summed E-state index contributed by atoms with van der Waals surface area (Å²) in [5.74, 6) is 0.406. The van der Waals surface area contributed by atoms with Gasteiger partial charge in [0.1, 0.15) is 0 Å². The topological polar surface area (TPSA) is 41.1 Å². The third-order valence-electron chi connectivity index (χ3n) is 2.43. The van der Waals surface area contributed by atoms with Crippen LogP contribution >= 0.6 is 15.9 Å². The Morgan fingerprint density at radius 3 is 2.88 bits per heavy atom. The maximum atomic E-state index is 11.0. The third-order valence-corrected chi connectivity index (χ3v) is 2.93. The van der Waals surface area contributed by atoms with Crippen LogP contribution in [0.1, 0.15) is 18.4 Å². The number of nitrogens with one attached hydrogen (secondary N) is 2. The van der Waals surface area contributed by atoms with Crippen molar-refractivity contribution in [3.8, 4) is 0 Å². The molecule has 0 saturated carbocycles. The van der Waals surface area contributed by atoms with Crippen LogP contribution in [0, 0.1) is 0 Å². The van der Waals surface area contributed by atoms with Gasteiger partial charge in [-0.1, -0.05) is 35.0 Å². The van der Waals surface area contributed by atoms with Gasteiger partial charge in [-0.2, -0.15) is 0 Å². The lowest BCUT2D eigenvalue weighted by Gasteiger charge is -2.12. The van der Waals surface area contributed by atoms with Crippen LogP contribution in [0.5, 0.6) is 0 Å². The molecule has 88 valence electrons. The molecule has 3 nitrogen and oxygen atoms in total. The average Bonchev–Trinajstić information content (AvgIpc) is 2.28. The van der Waals surface area contributed by atoms with Crippen LogP contribution in [-0.2, 0) is 4.79 Å². The Bertz CT molecular complexity index is 355. The molecular weight excluding hydrogens is 268 g/mol. The lowest BCUT2D eigenvalue weighted by molar-refractivity contribution is -0.119. The molecule has 0 spiro atoms. The lowest BCUT2D eigenvalue weighted by atomic mass is 10.0. The molecule has 1 atom stereocenters. The molecular formula is C12H17BrN2O. The number of carbonyl (C=O) groups excluding carboxylic acids is 1. The van der Waals surface area contributed by atoms with Crippen LogP contribution in [0.3, 0.4) is 0 Å². The second-order valence-electron chi connectivity index (χ2n) is 3.76. The predicted octanol–water partition coefficient (Wildman–Crippen LogP) is 1.89. The minimum atomic E-state index is 0.0152. The summed E-state index contributed by atoms with van der Waals surface area (Å²) in [6.07, 6.45) is 0. The van der Waals surface area contributed by atoms with E-state index in [1.807, 2.05) is 12.1 Å². The zero-order chi connectivity index (χ0) is 12.0. The number of hydrogen-bond acceptors (Lipinski definition) is 2. The molecule has 4 heteroatoms. The monoisotopic (exact) mass is 284 g/mol. The normalized spacial score (nSPS) is 12.2. The van der Waals surface area contributed by atoms with Crippen molar-refractivity contribution in [3.05, 3.63) is 34.3 Å².